The molecular formula is C9H9F5N2O. The minimum atomic E-state index is -4.87. The molecule has 3 nitrogen and oxygen atoms in total. The van der Waals surface area contributed by atoms with Crippen molar-refractivity contribution in [2.24, 2.45) is 5.73 Å². The van der Waals surface area contributed by atoms with Crippen LogP contribution in [0.2, 0.25) is 0 Å². The van der Waals surface area contributed by atoms with E-state index in [1.807, 2.05) is 0 Å². The van der Waals surface area contributed by atoms with Crippen LogP contribution in [0, 0.1) is 0 Å². The molecule has 0 unspecified atom stereocenters. The quantitative estimate of drug-likeness (QED) is 0.845. The van der Waals surface area contributed by atoms with Gasteiger partial charge in [-0.25, -0.2) is 13.8 Å². The molecule has 0 aliphatic carbocycles. The molecule has 0 fully saturated rings. The normalized spacial score (nSPS) is 12.0. The first kappa shape index (κ1) is 13.6. The van der Waals surface area contributed by atoms with Crippen LogP contribution in [0.3, 0.4) is 0 Å². The molecule has 0 radical (unpaired) electrons. The largest absolute Gasteiger partial charge is 0.494 e. The molecule has 8 heteroatoms. The van der Waals surface area contributed by atoms with E-state index in [-0.39, 0.29) is 12.2 Å². The van der Waals surface area contributed by atoms with E-state index in [0.717, 1.165) is 13.2 Å². The average Bonchev–Trinajstić information content (AvgIpc) is 2.25. The fourth-order valence-electron chi connectivity index (χ4n) is 1.28. The van der Waals surface area contributed by atoms with Gasteiger partial charge in [0, 0.05) is 6.54 Å². The second-order valence-electron chi connectivity index (χ2n) is 3.09. The molecule has 1 rings (SSSR count). The molecule has 0 aromatic carbocycles. The maximum Gasteiger partial charge on any atom is 0.437 e. The lowest BCUT2D eigenvalue weighted by Crippen LogP contribution is -2.15. The summed E-state index contributed by atoms with van der Waals surface area (Å²) in [6.07, 6.45) is -7.97. The lowest BCUT2D eigenvalue weighted by Gasteiger charge is -2.15. The van der Waals surface area contributed by atoms with E-state index >= 15 is 0 Å². The van der Waals surface area contributed by atoms with Crippen LogP contribution in [0.1, 0.15) is 23.4 Å². The van der Waals surface area contributed by atoms with Crippen LogP contribution in [0.5, 0.6) is 5.75 Å². The summed E-state index contributed by atoms with van der Waals surface area (Å²) in [6, 6.07) is 0.804. The molecule has 0 saturated heterocycles. The van der Waals surface area contributed by atoms with E-state index in [1.165, 1.54) is 0 Å². The van der Waals surface area contributed by atoms with E-state index in [0.29, 0.717) is 0 Å². The van der Waals surface area contributed by atoms with Gasteiger partial charge in [-0.1, -0.05) is 0 Å². The summed E-state index contributed by atoms with van der Waals surface area (Å²) >= 11 is 0. The molecule has 17 heavy (non-hydrogen) atoms. The van der Waals surface area contributed by atoms with Crippen LogP contribution in [0.15, 0.2) is 6.07 Å². The summed E-state index contributed by atoms with van der Waals surface area (Å²) in [6.45, 7) is -0.368. The SMILES string of the molecule is COc1c(C(F)F)cc(CN)nc1C(F)(F)F. The lowest BCUT2D eigenvalue weighted by atomic mass is 10.1. The Hall–Kier alpha value is -1.44. The van der Waals surface area contributed by atoms with Gasteiger partial charge in [0.25, 0.3) is 6.43 Å². The van der Waals surface area contributed by atoms with Crippen LogP contribution in [0.4, 0.5) is 22.0 Å². The van der Waals surface area contributed by atoms with Gasteiger partial charge in [-0.05, 0) is 6.07 Å². The average molecular weight is 256 g/mol. The zero-order valence-corrected chi connectivity index (χ0v) is 8.68. The lowest BCUT2D eigenvalue weighted by molar-refractivity contribution is -0.142. The number of nitrogens with two attached hydrogens (primary N) is 1. The van der Waals surface area contributed by atoms with Gasteiger partial charge in [-0.15, -0.1) is 0 Å². The Labute approximate surface area is 93.4 Å². The highest BCUT2D eigenvalue weighted by Gasteiger charge is 2.39. The highest BCUT2D eigenvalue weighted by atomic mass is 19.4. The summed E-state index contributed by atoms with van der Waals surface area (Å²) in [5.74, 6) is -0.968. The number of alkyl halides is 5. The zero-order chi connectivity index (χ0) is 13.2. The van der Waals surface area contributed by atoms with Crippen molar-refractivity contribution >= 4 is 0 Å². The molecule has 0 amide bonds. The summed E-state index contributed by atoms with van der Waals surface area (Å²) < 4.78 is 67.2. The highest BCUT2D eigenvalue weighted by molar-refractivity contribution is 5.41. The van der Waals surface area contributed by atoms with Gasteiger partial charge in [-0.3, -0.25) is 0 Å². The van der Waals surface area contributed by atoms with E-state index in [2.05, 4.69) is 9.72 Å². The molecule has 2 N–H and O–H groups in total. The molecule has 0 spiro atoms. The standard InChI is InChI=1S/C9H9F5N2O/c1-17-6-5(8(10)11)2-4(3-15)16-7(6)9(12,13)14/h2,8H,3,15H2,1H3. The monoisotopic (exact) mass is 256 g/mol. The van der Waals surface area contributed by atoms with Gasteiger partial charge in [0.05, 0.1) is 18.4 Å². The first-order valence-corrected chi connectivity index (χ1v) is 4.44. The molecule has 0 saturated carbocycles. The Balaban J connectivity index is 3.51. The molecule has 96 valence electrons. The Morgan fingerprint density at radius 3 is 2.35 bits per heavy atom. The fourth-order valence-corrected chi connectivity index (χ4v) is 1.28. The Morgan fingerprint density at radius 1 is 1.41 bits per heavy atom. The Bertz CT molecular complexity index is 405. The van der Waals surface area contributed by atoms with Crippen molar-refractivity contribution in [3.63, 3.8) is 0 Å². The maximum absolute atomic E-state index is 12.6. The molecule has 1 aromatic rings. The zero-order valence-electron chi connectivity index (χ0n) is 8.68. The van der Waals surface area contributed by atoms with E-state index in [9.17, 15) is 22.0 Å². The number of rotatable bonds is 3. The second-order valence-corrected chi connectivity index (χ2v) is 3.09. The van der Waals surface area contributed by atoms with E-state index in [4.69, 9.17) is 5.73 Å². The predicted octanol–water partition coefficient (Wildman–Crippen LogP) is 2.51. The van der Waals surface area contributed by atoms with E-state index < -0.39 is 29.6 Å². The number of nitrogens with zero attached hydrogens (tertiary/aromatic N) is 1. The van der Waals surface area contributed by atoms with E-state index in [1.54, 1.807) is 0 Å². The van der Waals surface area contributed by atoms with Gasteiger partial charge < -0.3 is 10.5 Å². The van der Waals surface area contributed by atoms with Crippen LogP contribution in [-0.2, 0) is 12.7 Å². The van der Waals surface area contributed by atoms with Gasteiger partial charge in [-0.2, -0.15) is 13.2 Å². The van der Waals surface area contributed by atoms with Crippen LogP contribution in [-0.4, -0.2) is 12.1 Å². The third kappa shape index (κ3) is 2.82. The number of hydrogen-bond acceptors (Lipinski definition) is 3. The third-order valence-electron chi connectivity index (χ3n) is 1.97. The summed E-state index contributed by atoms with van der Waals surface area (Å²) in [4.78, 5) is 3.17. The Morgan fingerprint density at radius 2 is 2.00 bits per heavy atom. The van der Waals surface area contributed by atoms with Crippen molar-refractivity contribution in [1.82, 2.24) is 4.98 Å². The second kappa shape index (κ2) is 4.82. The van der Waals surface area contributed by atoms with Crippen molar-refractivity contribution in [3.8, 4) is 5.75 Å². The minimum absolute atomic E-state index is 0.270. The molecule has 1 heterocycles. The van der Waals surface area contributed by atoms with Crippen LogP contribution < -0.4 is 10.5 Å². The van der Waals surface area contributed by atoms with Gasteiger partial charge in [0.15, 0.2) is 11.4 Å². The van der Waals surface area contributed by atoms with Crippen molar-refractivity contribution < 1.29 is 26.7 Å². The molecular weight excluding hydrogens is 247 g/mol. The first-order valence-electron chi connectivity index (χ1n) is 4.44. The number of pyridine rings is 1. The number of halogens is 5. The fraction of sp³-hybridized carbons (Fsp3) is 0.444. The summed E-state index contributed by atoms with van der Waals surface area (Å²) in [5.41, 5.74) is 2.48. The number of aromatic nitrogens is 1. The minimum Gasteiger partial charge on any atom is -0.494 e. The van der Waals surface area contributed by atoms with Crippen molar-refractivity contribution in [2.75, 3.05) is 7.11 Å². The van der Waals surface area contributed by atoms with Crippen molar-refractivity contribution in [3.05, 3.63) is 23.0 Å². The molecule has 0 aliphatic rings. The van der Waals surface area contributed by atoms with Gasteiger partial charge >= 0.3 is 6.18 Å². The van der Waals surface area contributed by atoms with Crippen LogP contribution in [0.25, 0.3) is 0 Å². The Kier molecular flexibility index (Phi) is 3.87. The number of methoxy groups -OCH3 is 1. The maximum atomic E-state index is 12.6. The predicted molar refractivity (Wildman–Crippen MR) is 48.6 cm³/mol. The topological polar surface area (TPSA) is 48.1 Å². The summed E-state index contributed by atoms with van der Waals surface area (Å²) in [7, 11) is 0.875. The van der Waals surface area contributed by atoms with Crippen molar-refractivity contribution in [1.29, 1.82) is 0 Å². The highest BCUT2D eigenvalue weighted by Crippen LogP contribution is 2.40. The molecule has 0 bridgehead atoms. The van der Waals surface area contributed by atoms with Gasteiger partial charge in [0.2, 0.25) is 0 Å². The summed E-state index contributed by atoms with van der Waals surface area (Å²) in [5, 5.41) is 0. The molecule has 1 aromatic heterocycles. The molecule has 0 atom stereocenters. The first-order chi connectivity index (χ1) is 7.81. The van der Waals surface area contributed by atoms with Crippen molar-refractivity contribution in [2.45, 2.75) is 19.1 Å². The number of ether oxygens (including phenoxy) is 1. The van der Waals surface area contributed by atoms with Gasteiger partial charge in [0.1, 0.15) is 0 Å². The third-order valence-corrected chi connectivity index (χ3v) is 1.97. The smallest absolute Gasteiger partial charge is 0.437 e. The molecule has 0 aliphatic heterocycles. The van der Waals surface area contributed by atoms with Crippen LogP contribution >= 0.6 is 0 Å². The number of hydrogen-bond donors (Lipinski definition) is 1.